The second-order valence-corrected chi connectivity index (χ2v) is 6.45. The van der Waals surface area contributed by atoms with Crippen LogP contribution in [0.5, 0.6) is 5.75 Å². The molecule has 2 aromatic carbocycles. The van der Waals surface area contributed by atoms with Crippen LogP contribution in [-0.2, 0) is 6.61 Å². The maximum atomic E-state index is 6.07. The molecular weight excluding hydrogens is 393 g/mol. The van der Waals surface area contributed by atoms with Gasteiger partial charge in [-0.25, -0.2) is 4.98 Å². The summed E-state index contributed by atoms with van der Waals surface area (Å²) in [5.74, 6) is 1.04. The number of rotatable bonds is 6. The van der Waals surface area contributed by atoms with Gasteiger partial charge in [0.25, 0.3) is 0 Å². The van der Waals surface area contributed by atoms with Crippen LogP contribution in [0.3, 0.4) is 0 Å². The summed E-state index contributed by atoms with van der Waals surface area (Å²) >= 11 is 17.8. The van der Waals surface area contributed by atoms with E-state index in [0.29, 0.717) is 17.4 Å². The molecule has 7 heteroatoms. The third-order valence-corrected chi connectivity index (χ3v) is 4.38. The van der Waals surface area contributed by atoms with E-state index in [1.807, 2.05) is 54.6 Å². The smallest absolute Gasteiger partial charge is 0.166 e. The fourth-order valence-corrected chi connectivity index (χ4v) is 2.68. The van der Waals surface area contributed by atoms with Crippen molar-refractivity contribution in [2.75, 3.05) is 5.43 Å². The van der Waals surface area contributed by atoms with Crippen molar-refractivity contribution in [3.05, 3.63) is 87.0 Å². The van der Waals surface area contributed by atoms with Crippen molar-refractivity contribution in [3.63, 3.8) is 0 Å². The SMILES string of the molecule is Clc1cc(Cl)c(N/N=C\c2ccccc2OCc2ccccc2)nc1Cl. The van der Waals surface area contributed by atoms with Gasteiger partial charge in [-0.3, -0.25) is 5.43 Å². The first kappa shape index (κ1) is 18.5. The van der Waals surface area contributed by atoms with Gasteiger partial charge in [0.15, 0.2) is 5.82 Å². The predicted octanol–water partition coefficient (Wildman–Crippen LogP) is 6.07. The van der Waals surface area contributed by atoms with E-state index >= 15 is 0 Å². The molecule has 1 heterocycles. The molecule has 0 saturated heterocycles. The molecule has 0 atom stereocenters. The van der Waals surface area contributed by atoms with Gasteiger partial charge in [-0.2, -0.15) is 5.10 Å². The number of ether oxygens (including phenoxy) is 1. The van der Waals surface area contributed by atoms with Gasteiger partial charge in [0.1, 0.15) is 17.5 Å². The molecule has 0 saturated carbocycles. The zero-order valence-electron chi connectivity index (χ0n) is 13.5. The third-order valence-electron chi connectivity index (χ3n) is 3.42. The fraction of sp³-hybridized carbons (Fsp3) is 0.0526. The molecule has 0 bridgehead atoms. The summed E-state index contributed by atoms with van der Waals surface area (Å²) in [7, 11) is 0. The first-order valence-corrected chi connectivity index (χ1v) is 8.83. The van der Waals surface area contributed by atoms with Crippen molar-refractivity contribution in [2.24, 2.45) is 5.10 Å². The molecule has 132 valence electrons. The maximum Gasteiger partial charge on any atom is 0.166 e. The monoisotopic (exact) mass is 405 g/mol. The molecule has 0 radical (unpaired) electrons. The predicted molar refractivity (Wildman–Crippen MR) is 108 cm³/mol. The van der Waals surface area contributed by atoms with Gasteiger partial charge in [0.2, 0.25) is 0 Å². The Labute approximate surface area is 166 Å². The standard InChI is InChI=1S/C19H14Cl3N3O/c20-15-10-16(21)19(24-18(15)22)25-23-11-14-8-4-5-9-17(14)26-12-13-6-2-1-3-7-13/h1-11H,12H2,(H,24,25)/b23-11-. The van der Waals surface area contributed by atoms with Gasteiger partial charge >= 0.3 is 0 Å². The Hall–Kier alpha value is -2.27. The van der Waals surface area contributed by atoms with E-state index in [0.717, 1.165) is 16.9 Å². The number of anilines is 1. The van der Waals surface area contributed by atoms with E-state index in [9.17, 15) is 0 Å². The van der Waals surface area contributed by atoms with Crippen LogP contribution in [-0.4, -0.2) is 11.2 Å². The van der Waals surface area contributed by atoms with E-state index in [1.165, 1.54) is 6.07 Å². The molecule has 0 aliphatic heterocycles. The summed E-state index contributed by atoms with van der Waals surface area (Å²) in [5.41, 5.74) is 4.66. The van der Waals surface area contributed by atoms with Crippen LogP contribution < -0.4 is 10.2 Å². The van der Waals surface area contributed by atoms with Crippen LogP contribution in [0, 0.1) is 0 Å². The van der Waals surface area contributed by atoms with Gasteiger partial charge in [-0.1, -0.05) is 77.3 Å². The molecule has 0 spiro atoms. The molecule has 0 amide bonds. The minimum Gasteiger partial charge on any atom is -0.488 e. The van der Waals surface area contributed by atoms with Crippen molar-refractivity contribution < 1.29 is 4.74 Å². The van der Waals surface area contributed by atoms with Gasteiger partial charge in [0.05, 0.1) is 16.3 Å². The molecule has 0 unspecified atom stereocenters. The highest BCUT2D eigenvalue weighted by Gasteiger charge is 2.07. The van der Waals surface area contributed by atoms with E-state index < -0.39 is 0 Å². The zero-order valence-corrected chi connectivity index (χ0v) is 15.8. The number of benzene rings is 2. The van der Waals surface area contributed by atoms with Gasteiger partial charge in [-0.05, 0) is 23.8 Å². The van der Waals surface area contributed by atoms with Crippen molar-refractivity contribution in [1.82, 2.24) is 4.98 Å². The Balaban J connectivity index is 1.70. The summed E-state index contributed by atoms with van der Waals surface area (Å²) in [6.07, 6.45) is 1.63. The largest absolute Gasteiger partial charge is 0.488 e. The number of hydrazone groups is 1. The fourth-order valence-electron chi connectivity index (χ4n) is 2.14. The van der Waals surface area contributed by atoms with Crippen LogP contribution >= 0.6 is 34.8 Å². The molecule has 26 heavy (non-hydrogen) atoms. The van der Waals surface area contributed by atoms with Gasteiger partial charge < -0.3 is 4.74 Å². The summed E-state index contributed by atoms with van der Waals surface area (Å²) in [5, 5.41) is 4.92. The molecule has 4 nitrogen and oxygen atoms in total. The van der Waals surface area contributed by atoms with Crippen LogP contribution in [0.25, 0.3) is 0 Å². The quantitative estimate of drug-likeness (QED) is 0.307. The van der Waals surface area contributed by atoms with Crippen molar-refractivity contribution in [2.45, 2.75) is 6.61 Å². The van der Waals surface area contributed by atoms with E-state index in [4.69, 9.17) is 39.5 Å². The first-order valence-electron chi connectivity index (χ1n) is 7.70. The Kier molecular flexibility index (Phi) is 6.34. The lowest BCUT2D eigenvalue weighted by atomic mass is 10.2. The molecule has 1 N–H and O–H groups in total. The lowest BCUT2D eigenvalue weighted by Gasteiger charge is -2.09. The van der Waals surface area contributed by atoms with Gasteiger partial charge in [-0.15, -0.1) is 0 Å². The number of para-hydroxylation sites is 1. The van der Waals surface area contributed by atoms with Crippen LogP contribution in [0.2, 0.25) is 15.2 Å². The highest BCUT2D eigenvalue weighted by Crippen LogP contribution is 2.28. The average molecular weight is 407 g/mol. The number of halogens is 3. The van der Waals surface area contributed by atoms with Crippen molar-refractivity contribution >= 4 is 46.8 Å². The minimum atomic E-state index is 0.153. The number of aromatic nitrogens is 1. The van der Waals surface area contributed by atoms with E-state index in [2.05, 4.69) is 15.5 Å². The summed E-state index contributed by atoms with van der Waals surface area (Å²) in [6.45, 7) is 0.472. The van der Waals surface area contributed by atoms with E-state index in [-0.39, 0.29) is 10.2 Å². The first-order chi connectivity index (χ1) is 12.6. The van der Waals surface area contributed by atoms with Crippen LogP contribution in [0.1, 0.15) is 11.1 Å². The molecule has 0 aliphatic rings. The number of pyridine rings is 1. The topological polar surface area (TPSA) is 46.5 Å². The van der Waals surface area contributed by atoms with E-state index in [1.54, 1.807) is 6.21 Å². The average Bonchev–Trinajstić information content (AvgIpc) is 2.66. The van der Waals surface area contributed by atoms with Crippen LogP contribution in [0.4, 0.5) is 5.82 Å². The zero-order chi connectivity index (χ0) is 18.4. The summed E-state index contributed by atoms with van der Waals surface area (Å²) in [6, 6.07) is 19.0. The highest BCUT2D eigenvalue weighted by atomic mass is 35.5. The Morgan fingerprint density at radius 1 is 0.962 bits per heavy atom. The molecule has 1 aromatic heterocycles. The minimum absolute atomic E-state index is 0.153. The second-order valence-electron chi connectivity index (χ2n) is 5.27. The van der Waals surface area contributed by atoms with Gasteiger partial charge in [0, 0.05) is 5.56 Å². The van der Waals surface area contributed by atoms with Crippen molar-refractivity contribution in [1.29, 1.82) is 0 Å². The summed E-state index contributed by atoms with van der Waals surface area (Å²) in [4.78, 5) is 4.05. The lowest BCUT2D eigenvalue weighted by Crippen LogP contribution is -1.99. The Bertz CT molecular complexity index is 917. The normalized spacial score (nSPS) is 10.9. The molecule has 3 aromatic rings. The molecule has 0 aliphatic carbocycles. The summed E-state index contributed by atoms with van der Waals surface area (Å²) < 4.78 is 5.89. The van der Waals surface area contributed by atoms with Crippen molar-refractivity contribution in [3.8, 4) is 5.75 Å². The maximum absolute atomic E-state index is 6.07. The molecular formula is C19H14Cl3N3O. The number of hydrogen-bond donors (Lipinski definition) is 1. The van der Waals surface area contributed by atoms with Crippen LogP contribution in [0.15, 0.2) is 65.8 Å². The molecule has 3 rings (SSSR count). The number of nitrogens with zero attached hydrogens (tertiary/aromatic N) is 2. The third kappa shape index (κ3) is 4.88. The number of hydrogen-bond acceptors (Lipinski definition) is 4. The highest BCUT2D eigenvalue weighted by molar-refractivity contribution is 6.42. The molecule has 0 fully saturated rings. The Morgan fingerprint density at radius 2 is 1.69 bits per heavy atom. The lowest BCUT2D eigenvalue weighted by molar-refractivity contribution is 0.306. The number of nitrogens with one attached hydrogen (secondary N) is 1. The second kappa shape index (κ2) is 8.90. The Morgan fingerprint density at radius 3 is 2.50 bits per heavy atom.